The molecule has 0 radical (unpaired) electrons. The Kier molecular flexibility index (Phi) is 6.78. The van der Waals surface area contributed by atoms with E-state index in [9.17, 15) is 4.79 Å². The molecular weight excluding hydrogens is 452 g/mol. The van der Waals surface area contributed by atoms with Crippen molar-refractivity contribution in [2.24, 2.45) is 0 Å². The Labute approximate surface area is 211 Å². The third-order valence-corrected chi connectivity index (χ3v) is 6.62. The fourth-order valence-electron chi connectivity index (χ4n) is 4.74. The first-order chi connectivity index (χ1) is 17.5. The third kappa shape index (κ3) is 4.72. The maximum absolute atomic E-state index is 12.9. The van der Waals surface area contributed by atoms with E-state index in [-0.39, 0.29) is 5.91 Å². The number of amides is 1. The molecule has 0 bridgehead atoms. The smallest absolute Gasteiger partial charge is 0.248 e. The number of nitrogens with one attached hydrogen (secondary N) is 1. The molecule has 2 heterocycles. The van der Waals surface area contributed by atoms with E-state index in [1.54, 1.807) is 19.4 Å². The van der Waals surface area contributed by atoms with Gasteiger partial charge in [-0.25, -0.2) is 0 Å². The molecule has 0 aliphatic carbocycles. The summed E-state index contributed by atoms with van der Waals surface area (Å²) >= 11 is 0. The lowest BCUT2D eigenvalue weighted by atomic mass is 9.96. The molecular formula is C30H30N2O4. The second-order valence-electron chi connectivity index (χ2n) is 8.94. The summed E-state index contributed by atoms with van der Waals surface area (Å²) in [4.78, 5) is 15.2. The van der Waals surface area contributed by atoms with Gasteiger partial charge in [0.05, 0.1) is 26.6 Å². The number of furan rings is 1. The van der Waals surface area contributed by atoms with Gasteiger partial charge in [-0.15, -0.1) is 0 Å². The number of aryl methyl sites for hydroxylation is 1. The van der Waals surface area contributed by atoms with Crippen LogP contribution < -0.4 is 15.0 Å². The molecule has 1 saturated heterocycles. The van der Waals surface area contributed by atoms with Gasteiger partial charge in [-0.2, -0.15) is 0 Å². The van der Waals surface area contributed by atoms with Gasteiger partial charge < -0.3 is 24.1 Å². The van der Waals surface area contributed by atoms with E-state index in [2.05, 4.69) is 22.3 Å². The van der Waals surface area contributed by atoms with E-state index in [0.29, 0.717) is 5.75 Å². The van der Waals surface area contributed by atoms with Crippen LogP contribution in [-0.4, -0.2) is 39.3 Å². The second-order valence-corrected chi connectivity index (χ2v) is 8.94. The van der Waals surface area contributed by atoms with Gasteiger partial charge in [0, 0.05) is 52.6 Å². The van der Waals surface area contributed by atoms with E-state index < -0.39 is 0 Å². The van der Waals surface area contributed by atoms with Gasteiger partial charge in [-0.05, 0) is 55.3 Å². The largest absolute Gasteiger partial charge is 0.496 e. The lowest BCUT2D eigenvalue weighted by Gasteiger charge is -2.28. The van der Waals surface area contributed by atoms with Crippen molar-refractivity contribution in [1.82, 2.24) is 0 Å². The molecule has 4 aromatic rings. The van der Waals surface area contributed by atoms with Crippen molar-refractivity contribution < 1.29 is 18.7 Å². The molecule has 1 aromatic heterocycles. The Morgan fingerprint density at radius 1 is 1.06 bits per heavy atom. The van der Waals surface area contributed by atoms with Gasteiger partial charge in [0.25, 0.3) is 0 Å². The Bertz CT molecular complexity index is 1400. The van der Waals surface area contributed by atoms with Crippen molar-refractivity contribution in [3.63, 3.8) is 0 Å². The van der Waals surface area contributed by atoms with Crippen molar-refractivity contribution >= 4 is 33.8 Å². The number of carbonyl (C=O) groups is 1. The molecule has 36 heavy (non-hydrogen) atoms. The van der Waals surface area contributed by atoms with Gasteiger partial charge in [0.2, 0.25) is 5.91 Å². The van der Waals surface area contributed by atoms with Gasteiger partial charge in [0.15, 0.2) is 0 Å². The highest BCUT2D eigenvalue weighted by Crippen LogP contribution is 2.40. The highest BCUT2D eigenvalue weighted by atomic mass is 16.5. The second kappa shape index (κ2) is 10.3. The fourth-order valence-corrected chi connectivity index (χ4v) is 4.74. The van der Waals surface area contributed by atoms with Crippen LogP contribution in [-0.2, 0) is 9.53 Å². The third-order valence-electron chi connectivity index (χ3n) is 6.62. The molecule has 184 valence electrons. The molecule has 1 aliphatic rings. The molecule has 6 nitrogen and oxygen atoms in total. The molecule has 0 saturated carbocycles. The fraction of sp³-hybridized carbons (Fsp3) is 0.233. The molecule has 0 unspecified atom stereocenters. The number of anilines is 2. The molecule has 0 spiro atoms. The summed E-state index contributed by atoms with van der Waals surface area (Å²) in [6.07, 6.45) is 3.39. The first-order valence-corrected chi connectivity index (χ1v) is 12.1. The van der Waals surface area contributed by atoms with Crippen LogP contribution in [0.3, 0.4) is 0 Å². The molecule has 1 fully saturated rings. The maximum Gasteiger partial charge on any atom is 0.248 e. The van der Waals surface area contributed by atoms with Crippen LogP contribution in [0.5, 0.6) is 5.75 Å². The average molecular weight is 483 g/mol. The van der Waals surface area contributed by atoms with Crippen LogP contribution in [0.2, 0.25) is 0 Å². The Morgan fingerprint density at radius 2 is 1.78 bits per heavy atom. The maximum atomic E-state index is 12.9. The zero-order valence-electron chi connectivity index (χ0n) is 20.8. The molecule has 0 atom stereocenters. The first kappa shape index (κ1) is 23.7. The summed E-state index contributed by atoms with van der Waals surface area (Å²) in [5.41, 5.74) is 7.32. The average Bonchev–Trinajstić information content (AvgIpc) is 3.34. The van der Waals surface area contributed by atoms with Gasteiger partial charge in [0.1, 0.15) is 11.3 Å². The van der Waals surface area contributed by atoms with E-state index in [1.807, 2.05) is 62.4 Å². The summed E-state index contributed by atoms with van der Waals surface area (Å²) in [7, 11) is 1.64. The number of hydrogen-bond donors (Lipinski definition) is 1. The van der Waals surface area contributed by atoms with Crippen LogP contribution in [0.1, 0.15) is 18.1 Å². The zero-order valence-corrected chi connectivity index (χ0v) is 20.8. The first-order valence-electron chi connectivity index (χ1n) is 12.1. The van der Waals surface area contributed by atoms with Crippen molar-refractivity contribution in [2.75, 3.05) is 43.6 Å². The van der Waals surface area contributed by atoms with Gasteiger partial charge in [-0.1, -0.05) is 30.3 Å². The van der Waals surface area contributed by atoms with Gasteiger partial charge in [-0.3, -0.25) is 4.79 Å². The number of fused-ring (bicyclic) bond motifs is 1. The standard InChI is InChI=1S/C30H30N2O4/c1-20(17-28(33)31-23-9-11-24(12-10-23)32-13-15-35-16-14-32)25-18-26-27(22-7-5-4-6-8-22)19-36-30(26)21(2)29(25)34-3/h4-12,17-19H,13-16H2,1-3H3,(H,31,33)/b20-17+. The number of rotatable bonds is 6. The minimum atomic E-state index is -0.193. The number of morpholine rings is 1. The summed E-state index contributed by atoms with van der Waals surface area (Å²) in [5.74, 6) is 0.509. The molecule has 3 aromatic carbocycles. The van der Waals surface area contributed by atoms with Crippen molar-refractivity contribution in [3.05, 3.63) is 84.1 Å². The Balaban J connectivity index is 1.41. The summed E-state index contributed by atoms with van der Waals surface area (Å²) in [5, 5.41) is 3.96. The normalized spacial score (nSPS) is 14.2. The van der Waals surface area contributed by atoms with E-state index in [4.69, 9.17) is 13.9 Å². The zero-order chi connectivity index (χ0) is 25.1. The molecule has 6 heteroatoms. The van der Waals surface area contributed by atoms with Crippen molar-refractivity contribution in [1.29, 1.82) is 0 Å². The van der Waals surface area contributed by atoms with Crippen molar-refractivity contribution in [2.45, 2.75) is 13.8 Å². The van der Waals surface area contributed by atoms with Crippen LogP contribution in [0, 0.1) is 6.92 Å². The number of methoxy groups -OCH3 is 1. The summed E-state index contributed by atoms with van der Waals surface area (Å²) in [6.45, 7) is 7.13. The Morgan fingerprint density at radius 3 is 2.47 bits per heavy atom. The van der Waals surface area contributed by atoms with E-state index in [1.165, 1.54) is 0 Å². The number of allylic oxidation sites excluding steroid dienone is 1. The lowest BCUT2D eigenvalue weighted by molar-refractivity contribution is -0.111. The van der Waals surface area contributed by atoms with Crippen LogP contribution in [0.4, 0.5) is 11.4 Å². The molecule has 1 N–H and O–H groups in total. The minimum absolute atomic E-state index is 0.193. The van der Waals surface area contributed by atoms with Crippen LogP contribution in [0.15, 0.2) is 77.4 Å². The minimum Gasteiger partial charge on any atom is -0.496 e. The number of nitrogens with zero attached hydrogens (tertiary/aromatic N) is 1. The monoisotopic (exact) mass is 482 g/mol. The van der Waals surface area contributed by atoms with Gasteiger partial charge >= 0.3 is 0 Å². The predicted octanol–water partition coefficient (Wildman–Crippen LogP) is 6.30. The molecule has 1 aliphatic heterocycles. The number of benzene rings is 3. The van der Waals surface area contributed by atoms with Crippen molar-refractivity contribution in [3.8, 4) is 16.9 Å². The van der Waals surface area contributed by atoms with Crippen LogP contribution >= 0.6 is 0 Å². The topological polar surface area (TPSA) is 63.9 Å². The number of ether oxygens (including phenoxy) is 2. The Hall–Kier alpha value is -4.03. The van der Waals surface area contributed by atoms with E-state index in [0.717, 1.165) is 76.5 Å². The van der Waals surface area contributed by atoms with Crippen LogP contribution in [0.25, 0.3) is 27.7 Å². The molecule has 5 rings (SSSR count). The number of carbonyl (C=O) groups excluding carboxylic acids is 1. The lowest BCUT2D eigenvalue weighted by Crippen LogP contribution is -2.36. The molecule has 1 amide bonds. The summed E-state index contributed by atoms with van der Waals surface area (Å²) < 4.78 is 17.1. The summed E-state index contributed by atoms with van der Waals surface area (Å²) in [6, 6.07) is 20.1. The quantitative estimate of drug-likeness (QED) is 0.327. The number of hydrogen-bond acceptors (Lipinski definition) is 5. The van der Waals surface area contributed by atoms with E-state index >= 15 is 0 Å². The SMILES string of the molecule is COc1c(/C(C)=C/C(=O)Nc2ccc(N3CCOCC3)cc2)cc2c(-c3ccccc3)coc2c1C. The predicted molar refractivity (Wildman–Crippen MR) is 145 cm³/mol. The highest BCUT2D eigenvalue weighted by molar-refractivity contribution is 6.06. The highest BCUT2D eigenvalue weighted by Gasteiger charge is 2.19.